The number of aromatic nitrogens is 1. The van der Waals surface area contributed by atoms with Crippen molar-refractivity contribution in [3.63, 3.8) is 0 Å². The molecule has 1 aromatic heterocycles. The summed E-state index contributed by atoms with van der Waals surface area (Å²) in [4.78, 5) is 29.6. The highest BCUT2D eigenvalue weighted by Crippen LogP contribution is 2.32. The third kappa shape index (κ3) is 4.01. The van der Waals surface area contributed by atoms with Gasteiger partial charge < -0.3 is 24.7 Å². The van der Waals surface area contributed by atoms with Crippen LogP contribution in [0.5, 0.6) is 11.5 Å². The minimum Gasteiger partial charge on any atom is -0.486 e. The van der Waals surface area contributed by atoms with Gasteiger partial charge in [-0.2, -0.15) is 0 Å². The number of H-pyrrole nitrogens is 1. The normalized spacial score (nSPS) is 12.6. The molecule has 4 rings (SSSR count). The zero-order valence-electron chi connectivity index (χ0n) is 15.8. The summed E-state index contributed by atoms with van der Waals surface area (Å²) in [6.45, 7) is 2.96. The number of carbonyl (C=O) groups excluding carboxylic acids is 2. The van der Waals surface area contributed by atoms with Gasteiger partial charge in [-0.15, -0.1) is 0 Å². The quantitative estimate of drug-likeness (QED) is 0.693. The highest BCUT2D eigenvalue weighted by atomic mass is 19.1. The van der Waals surface area contributed by atoms with Gasteiger partial charge in [-0.25, -0.2) is 4.39 Å². The molecule has 1 aliphatic rings. The summed E-state index contributed by atoms with van der Waals surface area (Å²) in [6, 6.07) is 11.0. The van der Waals surface area contributed by atoms with Crippen LogP contribution in [0.1, 0.15) is 17.4 Å². The molecule has 0 unspecified atom stereocenters. The highest BCUT2D eigenvalue weighted by molar-refractivity contribution is 6.01. The number of aromatic amines is 1. The van der Waals surface area contributed by atoms with Gasteiger partial charge in [0.25, 0.3) is 5.91 Å². The van der Waals surface area contributed by atoms with Gasteiger partial charge in [0.15, 0.2) is 11.5 Å². The number of nitrogens with one attached hydrogen (secondary N) is 2. The fourth-order valence-electron chi connectivity index (χ4n) is 3.21. The molecule has 3 aromatic rings. The number of halogens is 1. The van der Waals surface area contributed by atoms with Crippen LogP contribution in [-0.2, 0) is 4.79 Å². The Morgan fingerprint density at radius 2 is 1.90 bits per heavy atom. The molecular formula is C21H20FN3O4. The minimum atomic E-state index is -0.373. The Morgan fingerprint density at radius 1 is 1.10 bits per heavy atom. The van der Waals surface area contributed by atoms with E-state index in [2.05, 4.69) is 10.3 Å². The number of amides is 2. The number of benzene rings is 2. The molecule has 8 heteroatoms. The molecule has 2 N–H and O–H groups in total. The van der Waals surface area contributed by atoms with E-state index in [1.54, 1.807) is 37.3 Å². The van der Waals surface area contributed by atoms with Crippen molar-refractivity contribution in [2.75, 3.05) is 31.6 Å². The van der Waals surface area contributed by atoms with Crippen molar-refractivity contribution in [3.05, 3.63) is 54.0 Å². The van der Waals surface area contributed by atoms with Crippen LogP contribution in [0.3, 0.4) is 0 Å². The van der Waals surface area contributed by atoms with Crippen molar-refractivity contribution < 1.29 is 23.5 Å². The van der Waals surface area contributed by atoms with Gasteiger partial charge in [0.2, 0.25) is 5.91 Å². The Balaban J connectivity index is 1.44. The average molecular weight is 397 g/mol. The Labute approximate surface area is 166 Å². The Hall–Kier alpha value is -3.55. The van der Waals surface area contributed by atoms with Crippen LogP contribution in [-0.4, -0.2) is 48.0 Å². The van der Waals surface area contributed by atoms with E-state index in [-0.39, 0.29) is 24.2 Å². The van der Waals surface area contributed by atoms with Crippen LogP contribution in [0.25, 0.3) is 10.9 Å². The fourth-order valence-corrected chi connectivity index (χ4v) is 3.21. The third-order valence-electron chi connectivity index (χ3n) is 4.64. The number of nitrogens with zero attached hydrogens (tertiary/aromatic N) is 1. The van der Waals surface area contributed by atoms with Crippen molar-refractivity contribution in [2.24, 2.45) is 0 Å². The molecule has 1 aliphatic heterocycles. The second-order valence-electron chi connectivity index (χ2n) is 6.64. The summed E-state index contributed by atoms with van der Waals surface area (Å²) in [5, 5.41) is 3.37. The van der Waals surface area contributed by atoms with Crippen molar-refractivity contribution in [1.29, 1.82) is 0 Å². The summed E-state index contributed by atoms with van der Waals surface area (Å²) >= 11 is 0. The van der Waals surface area contributed by atoms with E-state index >= 15 is 0 Å². The number of likely N-dealkylation sites (N-methyl/N-ethyl adjacent to an activating group) is 1. The highest BCUT2D eigenvalue weighted by Gasteiger charge is 2.20. The van der Waals surface area contributed by atoms with Gasteiger partial charge in [-0.1, -0.05) is 0 Å². The predicted octanol–water partition coefficient (Wildman–Crippen LogP) is 3.18. The lowest BCUT2D eigenvalue weighted by molar-refractivity contribution is -0.116. The molecule has 0 aliphatic carbocycles. The smallest absolute Gasteiger partial charge is 0.270 e. The second-order valence-corrected chi connectivity index (χ2v) is 6.64. The van der Waals surface area contributed by atoms with Crippen molar-refractivity contribution in [1.82, 2.24) is 9.88 Å². The number of hydrogen-bond donors (Lipinski definition) is 2. The van der Waals surface area contributed by atoms with E-state index in [4.69, 9.17) is 9.47 Å². The van der Waals surface area contributed by atoms with Gasteiger partial charge in [-0.05, 0) is 43.3 Å². The molecule has 0 saturated heterocycles. The molecule has 0 bridgehead atoms. The van der Waals surface area contributed by atoms with Crippen molar-refractivity contribution in [3.8, 4) is 11.5 Å². The third-order valence-corrected chi connectivity index (χ3v) is 4.64. The fraction of sp³-hybridized carbons (Fsp3) is 0.238. The largest absolute Gasteiger partial charge is 0.486 e. The van der Waals surface area contributed by atoms with Crippen molar-refractivity contribution >= 4 is 28.4 Å². The number of hydrogen-bond acceptors (Lipinski definition) is 4. The minimum absolute atomic E-state index is 0.118. The van der Waals surface area contributed by atoms with Gasteiger partial charge in [0.05, 0.1) is 0 Å². The number of ether oxygens (including phenoxy) is 2. The maximum atomic E-state index is 13.4. The van der Waals surface area contributed by atoms with Crippen LogP contribution in [0.4, 0.5) is 10.1 Å². The summed E-state index contributed by atoms with van der Waals surface area (Å²) in [5.74, 6) is 0.166. The van der Waals surface area contributed by atoms with Crippen LogP contribution in [0, 0.1) is 5.82 Å². The first-order valence-electron chi connectivity index (χ1n) is 9.30. The Morgan fingerprint density at radius 3 is 2.69 bits per heavy atom. The Kier molecular flexibility index (Phi) is 5.07. The van der Waals surface area contributed by atoms with E-state index in [0.29, 0.717) is 53.5 Å². The molecule has 7 nitrogen and oxygen atoms in total. The molecule has 29 heavy (non-hydrogen) atoms. The van der Waals surface area contributed by atoms with E-state index in [9.17, 15) is 14.0 Å². The monoisotopic (exact) mass is 397 g/mol. The second kappa shape index (κ2) is 7.83. The lowest BCUT2D eigenvalue weighted by atomic mass is 10.2. The molecule has 0 spiro atoms. The molecule has 2 heterocycles. The summed E-state index contributed by atoms with van der Waals surface area (Å²) in [6.07, 6.45) is 0. The number of rotatable bonds is 5. The van der Waals surface area contributed by atoms with E-state index < -0.39 is 0 Å². The summed E-state index contributed by atoms with van der Waals surface area (Å²) in [5.41, 5.74) is 1.52. The van der Waals surface area contributed by atoms with Crippen LogP contribution >= 0.6 is 0 Å². The van der Waals surface area contributed by atoms with Gasteiger partial charge in [-0.3, -0.25) is 9.59 Å². The molecule has 150 valence electrons. The maximum Gasteiger partial charge on any atom is 0.270 e. The molecule has 2 amide bonds. The zero-order valence-corrected chi connectivity index (χ0v) is 15.8. The van der Waals surface area contributed by atoms with Gasteiger partial charge in [0, 0.05) is 29.2 Å². The lowest BCUT2D eigenvalue weighted by Gasteiger charge is -2.21. The number of carbonyl (C=O) groups is 2. The first kappa shape index (κ1) is 18.8. The summed E-state index contributed by atoms with van der Waals surface area (Å²) < 4.78 is 24.3. The molecule has 0 saturated carbocycles. The summed E-state index contributed by atoms with van der Waals surface area (Å²) in [7, 11) is 0. The Bertz CT molecular complexity index is 1080. The lowest BCUT2D eigenvalue weighted by Crippen LogP contribution is -2.38. The maximum absolute atomic E-state index is 13.4. The van der Waals surface area contributed by atoms with Crippen LogP contribution < -0.4 is 14.8 Å². The molecule has 0 atom stereocenters. The van der Waals surface area contributed by atoms with Gasteiger partial charge in [0.1, 0.15) is 31.3 Å². The van der Waals surface area contributed by atoms with Crippen molar-refractivity contribution in [2.45, 2.75) is 6.92 Å². The first-order valence-corrected chi connectivity index (χ1v) is 9.30. The molecule has 0 fully saturated rings. The molecule has 2 aromatic carbocycles. The van der Waals surface area contributed by atoms with E-state index in [0.717, 1.165) is 0 Å². The number of fused-ring (bicyclic) bond motifs is 2. The SMILES string of the molecule is CCN(CC(=O)Nc1ccc2c(c1)OCCO2)C(=O)c1cc2cc(F)ccc2[nH]1. The molecular weight excluding hydrogens is 377 g/mol. The molecule has 0 radical (unpaired) electrons. The first-order chi connectivity index (χ1) is 14.0. The van der Waals surface area contributed by atoms with Crippen LogP contribution in [0.2, 0.25) is 0 Å². The average Bonchev–Trinajstić information content (AvgIpc) is 3.14. The number of anilines is 1. The van der Waals surface area contributed by atoms with E-state index in [1.165, 1.54) is 17.0 Å². The standard InChI is InChI=1S/C21H20FN3O4/c1-2-25(21(27)17-10-13-9-14(22)3-5-16(13)24-17)12-20(26)23-15-4-6-18-19(11-15)29-8-7-28-18/h3-6,9-11,24H,2,7-8,12H2,1H3,(H,23,26). The topological polar surface area (TPSA) is 83.7 Å². The van der Waals surface area contributed by atoms with E-state index in [1.807, 2.05) is 0 Å². The van der Waals surface area contributed by atoms with Crippen LogP contribution in [0.15, 0.2) is 42.5 Å². The zero-order chi connectivity index (χ0) is 20.4. The van der Waals surface area contributed by atoms with Gasteiger partial charge >= 0.3 is 0 Å². The predicted molar refractivity (Wildman–Crippen MR) is 106 cm³/mol.